The Bertz CT molecular complexity index is 605. The molecule has 0 atom stereocenters. The lowest BCUT2D eigenvalue weighted by Crippen LogP contribution is -2.40. The minimum Gasteiger partial charge on any atom is -0.347 e. The molecule has 1 heterocycles. The van der Waals surface area contributed by atoms with Crippen LogP contribution in [0, 0.1) is 0 Å². The second-order valence-electron chi connectivity index (χ2n) is 6.15. The monoisotopic (exact) mass is 259 g/mol. The molecule has 0 aliphatic heterocycles. The lowest BCUT2D eigenvalue weighted by Gasteiger charge is -2.20. The van der Waals surface area contributed by atoms with Crippen LogP contribution in [-0.4, -0.2) is 21.0 Å². The van der Waals surface area contributed by atoms with Gasteiger partial charge in [-0.25, -0.2) is 4.98 Å². The summed E-state index contributed by atoms with van der Waals surface area (Å²) in [5.74, 6) is -0.0616. The molecule has 1 aromatic heterocycles. The van der Waals surface area contributed by atoms with Gasteiger partial charge in [-0.3, -0.25) is 4.79 Å². The van der Waals surface area contributed by atoms with E-state index in [1.807, 2.05) is 45.3 Å². The topological polar surface area (TPSA) is 46.9 Å². The minimum absolute atomic E-state index is 0.0616. The van der Waals surface area contributed by atoms with E-state index in [9.17, 15) is 4.79 Å². The summed E-state index contributed by atoms with van der Waals surface area (Å²) in [6, 6.07) is 6.01. The molecule has 0 saturated carbocycles. The first-order valence-electron chi connectivity index (χ1n) is 6.57. The van der Waals surface area contributed by atoms with Crippen LogP contribution >= 0.6 is 0 Å². The van der Waals surface area contributed by atoms with Crippen LogP contribution in [0.1, 0.15) is 51.0 Å². The van der Waals surface area contributed by atoms with E-state index in [0.717, 1.165) is 11.0 Å². The zero-order valence-corrected chi connectivity index (χ0v) is 12.2. The number of nitrogens with zero attached hydrogens (tertiary/aromatic N) is 2. The predicted octanol–water partition coefficient (Wildman–Crippen LogP) is 3.15. The maximum atomic E-state index is 12.1. The van der Waals surface area contributed by atoms with Crippen LogP contribution in [0.3, 0.4) is 0 Å². The molecule has 4 heteroatoms. The summed E-state index contributed by atoms with van der Waals surface area (Å²) in [4.78, 5) is 16.5. The lowest BCUT2D eigenvalue weighted by atomic mass is 10.1. The lowest BCUT2D eigenvalue weighted by molar-refractivity contribution is 0.0919. The van der Waals surface area contributed by atoms with Crippen molar-refractivity contribution in [3.63, 3.8) is 0 Å². The number of fused-ring (bicyclic) bond motifs is 1. The highest BCUT2D eigenvalue weighted by Crippen LogP contribution is 2.19. The summed E-state index contributed by atoms with van der Waals surface area (Å²) in [5.41, 5.74) is 2.33. The van der Waals surface area contributed by atoms with Crippen molar-refractivity contribution < 1.29 is 4.79 Å². The van der Waals surface area contributed by atoms with Crippen molar-refractivity contribution in [2.75, 3.05) is 0 Å². The Morgan fingerprint density at radius 2 is 2.00 bits per heavy atom. The average molecular weight is 259 g/mol. The largest absolute Gasteiger partial charge is 0.347 e. The molecule has 0 saturated heterocycles. The molecule has 2 rings (SSSR count). The Kier molecular flexibility index (Phi) is 3.35. The predicted molar refractivity (Wildman–Crippen MR) is 77.3 cm³/mol. The number of carbonyl (C=O) groups is 1. The fourth-order valence-electron chi connectivity index (χ4n) is 2.00. The van der Waals surface area contributed by atoms with Gasteiger partial charge in [-0.15, -0.1) is 0 Å². The number of aromatic nitrogens is 2. The molecule has 0 radical (unpaired) electrons. The summed E-state index contributed by atoms with van der Waals surface area (Å²) >= 11 is 0. The minimum atomic E-state index is -0.233. The van der Waals surface area contributed by atoms with Crippen molar-refractivity contribution in [1.82, 2.24) is 14.9 Å². The smallest absolute Gasteiger partial charge is 0.251 e. The first-order chi connectivity index (χ1) is 8.78. The molecule has 19 heavy (non-hydrogen) atoms. The van der Waals surface area contributed by atoms with Crippen LogP contribution in [0.25, 0.3) is 11.0 Å². The van der Waals surface area contributed by atoms with E-state index in [4.69, 9.17) is 0 Å². The molecule has 102 valence electrons. The number of hydrogen-bond acceptors (Lipinski definition) is 2. The number of carbonyl (C=O) groups excluding carboxylic acids is 1. The number of hydrogen-bond donors (Lipinski definition) is 1. The summed E-state index contributed by atoms with van der Waals surface area (Å²) < 4.78 is 2.10. The molecule has 1 N–H and O–H groups in total. The van der Waals surface area contributed by atoms with Gasteiger partial charge in [0.25, 0.3) is 5.91 Å². The molecule has 1 aromatic carbocycles. The van der Waals surface area contributed by atoms with Crippen molar-refractivity contribution in [2.24, 2.45) is 0 Å². The maximum absolute atomic E-state index is 12.1. The van der Waals surface area contributed by atoms with E-state index in [-0.39, 0.29) is 11.4 Å². The van der Waals surface area contributed by atoms with E-state index >= 15 is 0 Å². The Hall–Kier alpha value is -1.84. The molecule has 0 unspecified atom stereocenters. The van der Waals surface area contributed by atoms with Gasteiger partial charge in [-0.05, 0) is 52.8 Å². The zero-order valence-electron chi connectivity index (χ0n) is 12.2. The van der Waals surface area contributed by atoms with Gasteiger partial charge in [0.05, 0.1) is 17.4 Å². The van der Waals surface area contributed by atoms with Crippen LogP contribution < -0.4 is 5.32 Å². The Morgan fingerprint density at radius 1 is 1.32 bits per heavy atom. The third-order valence-electron chi connectivity index (χ3n) is 2.88. The van der Waals surface area contributed by atoms with Crippen molar-refractivity contribution >= 4 is 16.9 Å². The molecule has 0 bridgehead atoms. The third-order valence-corrected chi connectivity index (χ3v) is 2.88. The van der Waals surface area contributed by atoms with Crippen LogP contribution in [0.5, 0.6) is 0 Å². The highest BCUT2D eigenvalue weighted by atomic mass is 16.1. The molecule has 0 spiro atoms. The molecular formula is C15H21N3O. The van der Waals surface area contributed by atoms with Crippen molar-refractivity contribution in [1.29, 1.82) is 0 Å². The Labute approximate surface area is 113 Å². The van der Waals surface area contributed by atoms with E-state index in [1.54, 1.807) is 0 Å². The van der Waals surface area contributed by atoms with Gasteiger partial charge in [0.2, 0.25) is 0 Å². The molecule has 0 fully saturated rings. The first kappa shape index (κ1) is 13.6. The van der Waals surface area contributed by atoms with Gasteiger partial charge in [0.1, 0.15) is 0 Å². The molecule has 1 amide bonds. The SMILES string of the molecule is CC(C)n1cnc2cc(C(=O)NC(C)(C)C)ccc21. The fraction of sp³-hybridized carbons (Fsp3) is 0.467. The third kappa shape index (κ3) is 2.95. The average Bonchev–Trinajstić information content (AvgIpc) is 2.68. The van der Waals surface area contributed by atoms with Crippen LogP contribution in [0.15, 0.2) is 24.5 Å². The van der Waals surface area contributed by atoms with Crippen molar-refractivity contribution in [3.8, 4) is 0 Å². The van der Waals surface area contributed by atoms with E-state index in [2.05, 4.69) is 28.7 Å². The Morgan fingerprint density at radius 3 is 2.58 bits per heavy atom. The van der Waals surface area contributed by atoms with E-state index < -0.39 is 0 Å². The number of imidazole rings is 1. The number of rotatable bonds is 2. The maximum Gasteiger partial charge on any atom is 0.251 e. The first-order valence-corrected chi connectivity index (χ1v) is 6.57. The van der Waals surface area contributed by atoms with Crippen LogP contribution in [-0.2, 0) is 0 Å². The number of benzene rings is 1. The number of nitrogens with one attached hydrogen (secondary N) is 1. The van der Waals surface area contributed by atoms with Gasteiger partial charge in [0, 0.05) is 17.1 Å². The Balaban J connectivity index is 2.35. The second-order valence-corrected chi connectivity index (χ2v) is 6.15. The van der Waals surface area contributed by atoms with Crippen LogP contribution in [0.4, 0.5) is 0 Å². The molecule has 4 nitrogen and oxygen atoms in total. The normalized spacial score (nSPS) is 12.1. The summed E-state index contributed by atoms with van der Waals surface area (Å²) in [6.07, 6.45) is 1.82. The molecular weight excluding hydrogens is 238 g/mol. The standard InChI is InChI=1S/C15H21N3O/c1-10(2)18-9-16-12-8-11(6-7-13(12)18)14(19)17-15(3,4)5/h6-10H,1-5H3,(H,17,19). The number of amides is 1. The summed E-state index contributed by atoms with van der Waals surface area (Å²) in [5, 5.41) is 2.96. The fourth-order valence-corrected chi connectivity index (χ4v) is 2.00. The van der Waals surface area contributed by atoms with E-state index in [1.165, 1.54) is 0 Å². The van der Waals surface area contributed by atoms with Gasteiger partial charge in [0.15, 0.2) is 0 Å². The van der Waals surface area contributed by atoms with Crippen LogP contribution in [0.2, 0.25) is 0 Å². The molecule has 0 aliphatic rings. The van der Waals surface area contributed by atoms with Gasteiger partial charge in [-0.1, -0.05) is 0 Å². The molecule has 0 aliphatic carbocycles. The quantitative estimate of drug-likeness (QED) is 0.900. The highest BCUT2D eigenvalue weighted by Gasteiger charge is 2.16. The second kappa shape index (κ2) is 4.68. The van der Waals surface area contributed by atoms with Crippen molar-refractivity contribution in [2.45, 2.75) is 46.2 Å². The van der Waals surface area contributed by atoms with Gasteiger partial charge < -0.3 is 9.88 Å². The zero-order chi connectivity index (χ0) is 14.2. The van der Waals surface area contributed by atoms with Crippen molar-refractivity contribution in [3.05, 3.63) is 30.1 Å². The van der Waals surface area contributed by atoms with Gasteiger partial charge in [-0.2, -0.15) is 0 Å². The molecule has 2 aromatic rings. The van der Waals surface area contributed by atoms with Gasteiger partial charge >= 0.3 is 0 Å². The summed E-state index contributed by atoms with van der Waals surface area (Å²) in [7, 11) is 0. The summed E-state index contributed by atoms with van der Waals surface area (Å²) in [6.45, 7) is 10.1. The highest BCUT2D eigenvalue weighted by molar-refractivity contribution is 5.97. The van der Waals surface area contributed by atoms with E-state index in [0.29, 0.717) is 11.6 Å².